The number of benzene rings is 1. The highest BCUT2D eigenvalue weighted by Gasteiger charge is 2.34. The van der Waals surface area contributed by atoms with E-state index in [1.807, 2.05) is 19.1 Å². The molecule has 112 valence electrons. The van der Waals surface area contributed by atoms with E-state index < -0.39 is 5.91 Å². The van der Waals surface area contributed by atoms with Gasteiger partial charge in [-0.3, -0.25) is 19.5 Å². The summed E-state index contributed by atoms with van der Waals surface area (Å²) >= 11 is 0. The Kier molecular flexibility index (Phi) is 3.41. The maximum Gasteiger partial charge on any atom is 0.280 e. The van der Waals surface area contributed by atoms with E-state index in [1.165, 1.54) is 4.90 Å². The number of rotatable bonds is 2. The summed E-state index contributed by atoms with van der Waals surface area (Å²) in [6.07, 6.45) is 1.59. The van der Waals surface area contributed by atoms with Crippen LogP contribution in [0, 0.1) is 13.8 Å². The lowest BCUT2D eigenvalue weighted by Crippen LogP contribution is -2.32. The fraction of sp³-hybridized carbons (Fsp3) is 0.235. The molecular weight excluding hydrogens is 280 g/mol. The summed E-state index contributed by atoms with van der Waals surface area (Å²) in [6, 6.07) is 7.25. The number of imide groups is 1. The number of hydrogen-bond donors (Lipinski definition) is 0. The van der Waals surface area contributed by atoms with Gasteiger partial charge >= 0.3 is 0 Å². The lowest BCUT2D eigenvalue weighted by molar-refractivity contribution is 0.0626. The molecule has 0 atom stereocenters. The van der Waals surface area contributed by atoms with Crippen LogP contribution >= 0.6 is 0 Å². The van der Waals surface area contributed by atoms with E-state index in [4.69, 9.17) is 4.74 Å². The van der Waals surface area contributed by atoms with Crippen LogP contribution in [0.3, 0.4) is 0 Å². The average Bonchev–Trinajstić information content (AvgIpc) is 2.85. The maximum absolute atomic E-state index is 12.7. The van der Waals surface area contributed by atoms with Gasteiger partial charge in [-0.2, -0.15) is 0 Å². The van der Waals surface area contributed by atoms with Gasteiger partial charge in [0.05, 0.1) is 13.7 Å². The van der Waals surface area contributed by atoms with Crippen LogP contribution < -0.4 is 4.74 Å². The molecule has 0 radical (unpaired) electrons. The van der Waals surface area contributed by atoms with E-state index in [9.17, 15) is 9.59 Å². The van der Waals surface area contributed by atoms with Crippen LogP contribution in [0.1, 0.15) is 37.5 Å². The highest BCUT2D eigenvalue weighted by atomic mass is 16.5. The molecule has 0 spiro atoms. The number of carbonyl (C=O) groups excluding carboxylic acids is 2. The Labute approximate surface area is 128 Å². The normalized spacial score (nSPS) is 13.2. The fourth-order valence-electron chi connectivity index (χ4n) is 2.80. The molecule has 2 heterocycles. The zero-order chi connectivity index (χ0) is 15.9. The summed E-state index contributed by atoms with van der Waals surface area (Å²) < 4.78 is 5.32. The number of aryl methyl sites for hydroxylation is 1. The second kappa shape index (κ2) is 5.26. The van der Waals surface area contributed by atoms with E-state index in [-0.39, 0.29) is 18.1 Å². The minimum atomic E-state index is -0.392. The molecule has 1 aliphatic rings. The minimum absolute atomic E-state index is 0.253. The Morgan fingerprint density at radius 3 is 2.68 bits per heavy atom. The van der Waals surface area contributed by atoms with Crippen LogP contribution in [0.5, 0.6) is 5.75 Å². The lowest BCUT2D eigenvalue weighted by atomic mass is 10.1. The third-order valence-electron chi connectivity index (χ3n) is 3.91. The molecule has 22 heavy (non-hydrogen) atoms. The molecule has 2 aromatic rings. The van der Waals surface area contributed by atoms with Gasteiger partial charge in [0.1, 0.15) is 11.4 Å². The number of amides is 2. The Morgan fingerprint density at radius 1 is 1.27 bits per heavy atom. The molecule has 3 rings (SSSR count). The molecule has 0 aliphatic carbocycles. The third-order valence-corrected chi connectivity index (χ3v) is 3.91. The van der Waals surface area contributed by atoms with Crippen molar-refractivity contribution in [2.75, 3.05) is 7.11 Å². The van der Waals surface area contributed by atoms with Crippen LogP contribution in [0.4, 0.5) is 0 Å². The number of pyridine rings is 1. The molecule has 1 aromatic heterocycles. The molecule has 0 fully saturated rings. The van der Waals surface area contributed by atoms with Crippen LogP contribution in [0.2, 0.25) is 0 Å². The lowest BCUT2D eigenvalue weighted by Gasteiger charge is -2.16. The van der Waals surface area contributed by atoms with Gasteiger partial charge in [-0.1, -0.05) is 18.2 Å². The van der Waals surface area contributed by atoms with Crippen LogP contribution in [0.25, 0.3) is 0 Å². The van der Waals surface area contributed by atoms with Crippen LogP contribution in [-0.4, -0.2) is 28.8 Å². The third kappa shape index (κ3) is 2.06. The number of nitrogens with zero attached hydrogens (tertiary/aromatic N) is 2. The molecule has 0 saturated heterocycles. The first-order valence-electron chi connectivity index (χ1n) is 6.99. The van der Waals surface area contributed by atoms with Crippen molar-refractivity contribution < 1.29 is 14.3 Å². The van der Waals surface area contributed by atoms with E-state index >= 15 is 0 Å². The summed E-state index contributed by atoms with van der Waals surface area (Å²) in [7, 11) is 1.56. The van der Waals surface area contributed by atoms with Crippen LogP contribution in [-0.2, 0) is 6.54 Å². The van der Waals surface area contributed by atoms with Gasteiger partial charge in [0.25, 0.3) is 11.8 Å². The second-order valence-electron chi connectivity index (χ2n) is 5.30. The number of carbonyl (C=O) groups is 2. The van der Waals surface area contributed by atoms with E-state index in [0.29, 0.717) is 16.9 Å². The first kappa shape index (κ1) is 14.3. The largest absolute Gasteiger partial charge is 0.496 e. The molecule has 5 nitrogen and oxygen atoms in total. The minimum Gasteiger partial charge on any atom is -0.496 e. The van der Waals surface area contributed by atoms with Crippen molar-refractivity contribution in [3.05, 3.63) is 58.4 Å². The summed E-state index contributed by atoms with van der Waals surface area (Å²) in [5, 5.41) is 0. The van der Waals surface area contributed by atoms with Gasteiger partial charge in [0.15, 0.2) is 0 Å². The van der Waals surface area contributed by atoms with Gasteiger partial charge in [-0.15, -0.1) is 0 Å². The summed E-state index contributed by atoms with van der Waals surface area (Å²) in [4.78, 5) is 30.5. The van der Waals surface area contributed by atoms with Crippen molar-refractivity contribution in [1.29, 1.82) is 0 Å². The quantitative estimate of drug-likeness (QED) is 0.799. The van der Waals surface area contributed by atoms with Gasteiger partial charge in [-0.25, -0.2) is 0 Å². The zero-order valence-corrected chi connectivity index (χ0v) is 12.7. The molecule has 1 aromatic carbocycles. The summed E-state index contributed by atoms with van der Waals surface area (Å²) in [5.74, 6) is -0.0409. The predicted molar refractivity (Wildman–Crippen MR) is 80.9 cm³/mol. The highest BCUT2D eigenvalue weighted by molar-refractivity contribution is 6.12. The van der Waals surface area contributed by atoms with E-state index in [2.05, 4.69) is 4.98 Å². The van der Waals surface area contributed by atoms with E-state index in [0.717, 1.165) is 11.1 Å². The molecular formula is C17H16N2O3. The Balaban J connectivity index is 1.99. The number of fused-ring (bicyclic) bond motifs is 1. The van der Waals surface area contributed by atoms with Gasteiger partial charge in [0, 0.05) is 22.9 Å². The SMILES string of the molecule is COc1c(C)cnc(C(=O)N2Cc3ccccc3C2=O)c1C. The van der Waals surface area contributed by atoms with Crippen molar-refractivity contribution in [2.24, 2.45) is 0 Å². The molecule has 0 unspecified atom stereocenters. The van der Waals surface area contributed by atoms with Crippen molar-refractivity contribution in [3.8, 4) is 5.75 Å². The van der Waals surface area contributed by atoms with Gasteiger partial charge in [0.2, 0.25) is 0 Å². The molecule has 2 amide bonds. The Hall–Kier alpha value is -2.69. The molecule has 5 heteroatoms. The van der Waals surface area contributed by atoms with Crippen molar-refractivity contribution >= 4 is 11.8 Å². The Bertz CT molecular complexity index is 783. The first-order valence-corrected chi connectivity index (χ1v) is 6.99. The molecule has 0 saturated carbocycles. The Morgan fingerprint density at radius 2 is 2.00 bits per heavy atom. The number of aromatic nitrogens is 1. The number of methoxy groups -OCH3 is 1. The monoisotopic (exact) mass is 296 g/mol. The summed E-state index contributed by atoms with van der Waals surface area (Å²) in [6.45, 7) is 3.93. The van der Waals surface area contributed by atoms with Gasteiger partial charge < -0.3 is 4.74 Å². The van der Waals surface area contributed by atoms with Gasteiger partial charge in [-0.05, 0) is 25.5 Å². The van der Waals surface area contributed by atoms with Crippen molar-refractivity contribution in [3.63, 3.8) is 0 Å². The topological polar surface area (TPSA) is 59.5 Å². The maximum atomic E-state index is 12.7. The molecule has 1 aliphatic heterocycles. The highest BCUT2D eigenvalue weighted by Crippen LogP contribution is 2.28. The molecule has 0 bridgehead atoms. The average molecular weight is 296 g/mol. The predicted octanol–water partition coefficient (Wildman–Crippen LogP) is 2.50. The first-order chi connectivity index (χ1) is 10.5. The van der Waals surface area contributed by atoms with Crippen molar-refractivity contribution in [1.82, 2.24) is 9.88 Å². The van der Waals surface area contributed by atoms with Crippen LogP contribution in [0.15, 0.2) is 30.5 Å². The fourth-order valence-corrected chi connectivity index (χ4v) is 2.80. The molecule has 0 N–H and O–H groups in total. The second-order valence-corrected chi connectivity index (χ2v) is 5.30. The van der Waals surface area contributed by atoms with Crippen molar-refractivity contribution in [2.45, 2.75) is 20.4 Å². The number of hydrogen-bond acceptors (Lipinski definition) is 4. The standard InChI is InChI=1S/C17H16N2O3/c1-10-8-18-14(11(2)15(10)22-3)17(21)19-9-12-6-4-5-7-13(12)16(19)20/h4-8H,9H2,1-3H3. The smallest absolute Gasteiger partial charge is 0.280 e. The van der Waals surface area contributed by atoms with E-state index in [1.54, 1.807) is 32.4 Å². The number of ether oxygens (including phenoxy) is 1. The summed E-state index contributed by atoms with van der Waals surface area (Å²) in [5.41, 5.74) is 3.19. The zero-order valence-electron chi connectivity index (χ0n) is 12.7.